The fraction of sp³-hybridized carbons (Fsp3) is 0.385. The van der Waals surface area contributed by atoms with E-state index in [1.165, 1.54) is 6.07 Å². The highest BCUT2D eigenvalue weighted by molar-refractivity contribution is 7.92. The monoisotopic (exact) mass is 359 g/mol. The number of phenols is 1. The number of carbonyl (C=O) groups excluding carboxylic acids is 1. The number of hydrogen-bond acceptors (Lipinski definition) is 5. The van der Waals surface area contributed by atoms with Crippen molar-refractivity contribution in [2.45, 2.75) is 12.8 Å². The number of carbonyl (C=O) groups is 2. The van der Waals surface area contributed by atoms with Crippen LogP contribution in [0.5, 0.6) is 5.75 Å². The van der Waals surface area contributed by atoms with E-state index in [0.29, 0.717) is 16.3 Å². The normalized spacial score (nSPS) is 21.5. The van der Waals surface area contributed by atoms with Gasteiger partial charge in [0, 0.05) is 6.54 Å². The van der Waals surface area contributed by atoms with Gasteiger partial charge >= 0.3 is 16.3 Å². The minimum Gasteiger partial charge on any atom is -0.506 e. The van der Waals surface area contributed by atoms with E-state index in [2.05, 4.69) is 5.32 Å². The van der Waals surface area contributed by atoms with Crippen LogP contribution in [0.1, 0.15) is 11.1 Å². The number of benzene rings is 1. The van der Waals surface area contributed by atoms with Crippen LogP contribution in [-0.4, -0.2) is 43.7 Å². The molecule has 2 amide bonds. The van der Waals surface area contributed by atoms with Crippen LogP contribution in [0, 0.1) is 11.7 Å². The molecule has 11 heteroatoms. The Kier molecular flexibility index (Phi) is 3.74. The van der Waals surface area contributed by atoms with Crippen molar-refractivity contribution in [3.8, 4) is 5.75 Å². The smallest absolute Gasteiger partial charge is 0.404 e. The van der Waals surface area contributed by atoms with E-state index in [4.69, 9.17) is 5.11 Å². The molecule has 1 unspecified atom stereocenters. The first-order chi connectivity index (χ1) is 11.2. The number of carboxylic acid groups (broad SMARTS) is 1. The first kappa shape index (κ1) is 16.3. The molecule has 1 saturated heterocycles. The number of aromatic hydroxyl groups is 1. The molecule has 1 heterocycles. The number of nitrogens with zero attached hydrogens (tertiary/aromatic N) is 1. The molecule has 1 aliphatic heterocycles. The van der Waals surface area contributed by atoms with Crippen molar-refractivity contribution in [1.29, 1.82) is 0 Å². The van der Waals surface area contributed by atoms with Crippen molar-refractivity contribution < 1.29 is 32.6 Å². The lowest BCUT2D eigenvalue weighted by Crippen LogP contribution is -2.30. The van der Waals surface area contributed by atoms with E-state index in [9.17, 15) is 27.5 Å². The molecule has 0 aromatic heterocycles. The maximum Gasteiger partial charge on any atom is 0.404 e. The van der Waals surface area contributed by atoms with Gasteiger partial charge in [0.25, 0.3) is 5.91 Å². The summed E-state index contributed by atoms with van der Waals surface area (Å²) in [4.78, 5) is 21.8. The maximum absolute atomic E-state index is 14.8. The number of halogens is 1. The summed E-state index contributed by atoms with van der Waals surface area (Å²) in [6.45, 7) is -0.503. The van der Waals surface area contributed by atoms with Gasteiger partial charge in [-0.2, -0.15) is 8.42 Å². The first-order valence-electron chi connectivity index (χ1n) is 7.02. The van der Waals surface area contributed by atoms with E-state index in [1.807, 2.05) is 0 Å². The van der Waals surface area contributed by atoms with Crippen molar-refractivity contribution in [2.24, 2.45) is 5.92 Å². The Morgan fingerprint density at radius 1 is 1.46 bits per heavy atom. The summed E-state index contributed by atoms with van der Waals surface area (Å²) in [6, 6.07) is 1.26. The largest absolute Gasteiger partial charge is 0.506 e. The Labute approximate surface area is 136 Å². The second-order valence-corrected chi connectivity index (χ2v) is 7.29. The van der Waals surface area contributed by atoms with Gasteiger partial charge in [-0.1, -0.05) is 0 Å². The second kappa shape index (κ2) is 5.51. The third-order valence-electron chi connectivity index (χ3n) is 4.03. The molecule has 1 aliphatic carbocycles. The van der Waals surface area contributed by atoms with Crippen LogP contribution in [0.15, 0.2) is 6.07 Å². The summed E-state index contributed by atoms with van der Waals surface area (Å²) in [5.74, 6) is -2.52. The number of nitrogens with one attached hydrogen (secondary N) is 2. The van der Waals surface area contributed by atoms with Crippen molar-refractivity contribution in [3.05, 3.63) is 23.0 Å². The second-order valence-electron chi connectivity index (χ2n) is 5.69. The van der Waals surface area contributed by atoms with E-state index in [0.717, 1.165) is 0 Å². The number of amides is 2. The zero-order valence-electron chi connectivity index (χ0n) is 12.2. The third-order valence-corrected chi connectivity index (χ3v) is 5.40. The van der Waals surface area contributed by atoms with Crippen molar-refractivity contribution in [3.63, 3.8) is 0 Å². The molecule has 1 aromatic rings. The average Bonchev–Trinajstić information content (AvgIpc) is 2.97. The van der Waals surface area contributed by atoms with Crippen LogP contribution < -0.4 is 14.3 Å². The predicted molar refractivity (Wildman–Crippen MR) is 79.4 cm³/mol. The van der Waals surface area contributed by atoms with Gasteiger partial charge in [-0.15, -0.1) is 0 Å². The van der Waals surface area contributed by atoms with Crippen molar-refractivity contribution in [2.75, 3.05) is 17.4 Å². The molecular formula is C13H14FN3O6S. The first-order valence-corrected chi connectivity index (χ1v) is 8.46. The number of fused-ring (bicyclic) bond motifs is 1. The molecule has 9 nitrogen and oxygen atoms in total. The van der Waals surface area contributed by atoms with Gasteiger partial charge in [0.2, 0.25) is 0 Å². The fourth-order valence-electron chi connectivity index (χ4n) is 3.05. The highest BCUT2D eigenvalue weighted by atomic mass is 32.2. The number of phenolic OH excluding ortho intramolecular Hbond substituents is 1. The number of anilines is 1. The zero-order chi connectivity index (χ0) is 17.6. The summed E-state index contributed by atoms with van der Waals surface area (Å²) in [5.41, 5.74) is 0.135. The molecule has 3 rings (SSSR count). The summed E-state index contributed by atoms with van der Waals surface area (Å²) >= 11 is 0. The summed E-state index contributed by atoms with van der Waals surface area (Å²) in [7, 11) is -4.24. The summed E-state index contributed by atoms with van der Waals surface area (Å²) in [5, 5.41) is 20.9. The Balaban J connectivity index is 1.95. The molecule has 1 atom stereocenters. The lowest BCUT2D eigenvalue weighted by Gasteiger charge is -2.18. The molecule has 0 bridgehead atoms. The summed E-state index contributed by atoms with van der Waals surface area (Å²) in [6.07, 6.45) is -0.642. The Morgan fingerprint density at radius 3 is 2.75 bits per heavy atom. The van der Waals surface area contributed by atoms with E-state index < -0.39 is 46.0 Å². The van der Waals surface area contributed by atoms with Gasteiger partial charge in [0.05, 0.1) is 0 Å². The van der Waals surface area contributed by atoms with E-state index in [1.54, 1.807) is 4.72 Å². The van der Waals surface area contributed by atoms with Gasteiger partial charge in [-0.05, 0) is 36.0 Å². The average molecular weight is 359 g/mol. The minimum atomic E-state index is -4.24. The van der Waals surface area contributed by atoms with E-state index in [-0.39, 0.29) is 24.4 Å². The van der Waals surface area contributed by atoms with Gasteiger partial charge < -0.3 is 15.5 Å². The van der Waals surface area contributed by atoms with Crippen LogP contribution in [0.3, 0.4) is 0 Å². The zero-order valence-corrected chi connectivity index (χ0v) is 13.1. The topological polar surface area (TPSA) is 136 Å². The van der Waals surface area contributed by atoms with Crippen LogP contribution in [0.2, 0.25) is 0 Å². The number of hydrogen-bond donors (Lipinski definition) is 4. The van der Waals surface area contributed by atoms with Gasteiger partial charge in [0.15, 0.2) is 5.82 Å². The molecule has 24 heavy (non-hydrogen) atoms. The molecule has 4 N–H and O–H groups in total. The highest BCUT2D eigenvalue weighted by Crippen LogP contribution is 2.41. The lowest BCUT2D eigenvalue weighted by molar-refractivity contribution is -0.117. The van der Waals surface area contributed by atoms with E-state index >= 15 is 0 Å². The fourth-order valence-corrected chi connectivity index (χ4v) is 4.21. The van der Waals surface area contributed by atoms with Gasteiger partial charge in [0.1, 0.15) is 18.0 Å². The summed E-state index contributed by atoms with van der Waals surface area (Å²) < 4.78 is 40.7. The van der Waals surface area contributed by atoms with Crippen LogP contribution >= 0.6 is 0 Å². The Hall–Kier alpha value is -2.56. The standard InChI is InChI=1S/C13H14FN3O6S/c14-11-8-2-6(4-15-13(20)21)1-7(8)3-9(18)12(11)17-5-10(19)16-24(17,22)23/h3,6,15,18H,1-2,4-5H2,(H,16,19)(H,20,21). The predicted octanol–water partition coefficient (Wildman–Crippen LogP) is -0.305. The molecule has 0 spiro atoms. The Morgan fingerprint density at radius 2 is 2.17 bits per heavy atom. The van der Waals surface area contributed by atoms with Crippen LogP contribution in [-0.2, 0) is 27.8 Å². The van der Waals surface area contributed by atoms with Crippen molar-refractivity contribution >= 4 is 27.9 Å². The molecule has 0 radical (unpaired) electrons. The highest BCUT2D eigenvalue weighted by Gasteiger charge is 2.39. The molecule has 0 saturated carbocycles. The molecule has 2 aliphatic rings. The van der Waals surface area contributed by atoms with Crippen molar-refractivity contribution in [1.82, 2.24) is 10.0 Å². The molecule has 1 fully saturated rings. The minimum absolute atomic E-state index is 0.113. The molecule has 1 aromatic carbocycles. The Bertz CT molecular complexity index is 841. The SMILES string of the molecule is O=C(O)NCC1Cc2cc(O)c(N3CC(=O)NS3(=O)=O)c(F)c2C1. The van der Waals surface area contributed by atoms with Gasteiger partial charge in [-0.3, -0.25) is 4.79 Å². The van der Waals surface area contributed by atoms with Crippen LogP contribution in [0.25, 0.3) is 0 Å². The van der Waals surface area contributed by atoms with Gasteiger partial charge in [-0.25, -0.2) is 18.2 Å². The maximum atomic E-state index is 14.8. The lowest BCUT2D eigenvalue weighted by atomic mass is 10.1. The van der Waals surface area contributed by atoms with Crippen LogP contribution in [0.4, 0.5) is 14.9 Å². The molecular weight excluding hydrogens is 345 g/mol. The number of rotatable bonds is 3. The molecule has 130 valence electrons. The quantitative estimate of drug-likeness (QED) is 0.585. The third kappa shape index (κ3) is 2.70.